The van der Waals surface area contributed by atoms with E-state index in [-0.39, 0.29) is 7.48 Å². The van der Waals surface area contributed by atoms with Crippen LogP contribution in [0.15, 0.2) is 54.6 Å². The minimum absolute atomic E-state index is 0.0389. The quantitative estimate of drug-likeness (QED) is 0.737. The van der Waals surface area contributed by atoms with Crippen LogP contribution in [0.3, 0.4) is 0 Å². The van der Waals surface area contributed by atoms with Crippen molar-refractivity contribution >= 4 is 23.8 Å². The lowest BCUT2D eigenvalue weighted by Gasteiger charge is -2.09. The number of benzene rings is 2. The number of aromatic nitrogens is 1. The summed E-state index contributed by atoms with van der Waals surface area (Å²) < 4.78 is 5.81. The monoisotopic (exact) mass is 263 g/mol. The van der Waals surface area contributed by atoms with Crippen LogP contribution in [-0.4, -0.2) is 17.5 Å². The molecule has 20 heavy (non-hydrogen) atoms. The van der Waals surface area contributed by atoms with Gasteiger partial charge >= 0.3 is 7.48 Å². The van der Waals surface area contributed by atoms with Crippen LogP contribution in [0.4, 0.5) is 0 Å². The number of hydrogen-bond acceptors (Lipinski definition) is 3. The number of nitrogens with zero attached hydrogens (tertiary/aromatic N) is 1. The van der Waals surface area contributed by atoms with Gasteiger partial charge in [0.05, 0.1) is 5.52 Å². The molecule has 0 atom stereocenters. The number of pyridine rings is 1. The maximum atomic E-state index is 9.17. The molecule has 0 bridgehead atoms. The summed E-state index contributed by atoms with van der Waals surface area (Å²) in [7, 11) is 0.0389. The summed E-state index contributed by atoms with van der Waals surface area (Å²) in [6, 6.07) is 17.4. The van der Waals surface area contributed by atoms with Crippen LogP contribution < -0.4 is 10.2 Å². The van der Waals surface area contributed by atoms with Gasteiger partial charge in [0.1, 0.15) is 5.75 Å². The van der Waals surface area contributed by atoms with Gasteiger partial charge in [0.2, 0.25) is 5.88 Å². The third kappa shape index (κ3) is 2.51. The second kappa shape index (κ2) is 5.35. The maximum Gasteiger partial charge on any atom is 0.304 e. The molecular formula is C16H14BNO2. The van der Waals surface area contributed by atoms with Gasteiger partial charge in [-0.15, -0.1) is 0 Å². The number of aryl methyl sites for hydroxylation is 1. The predicted molar refractivity (Wildman–Crippen MR) is 82.0 cm³/mol. The summed E-state index contributed by atoms with van der Waals surface area (Å²) in [5.74, 6) is 1.38. The summed E-state index contributed by atoms with van der Waals surface area (Å²) in [5, 5.41) is 10.2. The van der Waals surface area contributed by atoms with E-state index in [0.717, 1.165) is 27.7 Å². The van der Waals surface area contributed by atoms with Crippen LogP contribution in [0.2, 0.25) is 0 Å². The van der Waals surface area contributed by atoms with E-state index in [1.165, 1.54) is 0 Å². The molecule has 3 aromatic rings. The molecule has 0 radical (unpaired) electrons. The second-order valence-corrected chi connectivity index (χ2v) is 4.71. The Hall–Kier alpha value is -2.33. The summed E-state index contributed by atoms with van der Waals surface area (Å²) in [4.78, 5) is 4.54. The summed E-state index contributed by atoms with van der Waals surface area (Å²) in [5.41, 5.74) is 2.71. The number of ether oxygens (including phenoxy) is 1. The fourth-order valence-electron chi connectivity index (χ4n) is 2.12. The molecule has 0 spiro atoms. The molecule has 4 heteroatoms. The Bertz CT molecular complexity index is 744. The second-order valence-electron chi connectivity index (χ2n) is 4.71. The standard InChI is InChI=1S/C16H14BNO2/c1-11-9-12-10-13(17-19)7-8-15(12)18-16(11)20-14-5-3-2-4-6-14/h2-10,17,19H,1H3. The van der Waals surface area contributed by atoms with Gasteiger partial charge in [0, 0.05) is 10.9 Å². The molecule has 1 heterocycles. The van der Waals surface area contributed by atoms with Crippen LogP contribution >= 0.6 is 0 Å². The normalized spacial score (nSPS) is 10.5. The molecule has 0 saturated carbocycles. The smallest absolute Gasteiger partial charge is 0.304 e. The van der Waals surface area contributed by atoms with Crippen molar-refractivity contribution < 1.29 is 9.76 Å². The number of para-hydroxylation sites is 1. The van der Waals surface area contributed by atoms with Crippen molar-refractivity contribution in [2.45, 2.75) is 6.92 Å². The maximum absolute atomic E-state index is 9.17. The van der Waals surface area contributed by atoms with Gasteiger partial charge in [0.15, 0.2) is 0 Å². The van der Waals surface area contributed by atoms with Gasteiger partial charge in [-0.1, -0.05) is 35.8 Å². The molecule has 2 aromatic carbocycles. The van der Waals surface area contributed by atoms with Gasteiger partial charge in [0.25, 0.3) is 0 Å². The van der Waals surface area contributed by atoms with E-state index >= 15 is 0 Å². The highest BCUT2D eigenvalue weighted by atomic mass is 16.5. The van der Waals surface area contributed by atoms with Crippen molar-refractivity contribution in [2.75, 3.05) is 0 Å². The van der Waals surface area contributed by atoms with E-state index in [1.54, 1.807) is 0 Å². The Balaban J connectivity index is 2.02. The van der Waals surface area contributed by atoms with Crippen molar-refractivity contribution in [1.29, 1.82) is 0 Å². The summed E-state index contributed by atoms with van der Waals surface area (Å²) >= 11 is 0. The van der Waals surface area contributed by atoms with Crippen molar-refractivity contribution in [1.82, 2.24) is 4.98 Å². The third-order valence-corrected chi connectivity index (χ3v) is 3.16. The molecular weight excluding hydrogens is 249 g/mol. The average Bonchev–Trinajstić information content (AvgIpc) is 2.48. The molecule has 3 nitrogen and oxygen atoms in total. The lowest BCUT2D eigenvalue weighted by atomic mass is 9.88. The Morgan fingerprint density at radius 3 is 2.60 bits per heavy atom. The summed E-state index contributed by atoms with van der Waals surface area (Å²) in [6.07, 6.45) is 0. The molecule has 98 valence electrons. The molecule has 1 aromatic heterocycles. The first-order valence-corrected chi connectivity index (χ1v) is 6.50. The molecule has 0 fully saturated rings. The first-order valence-electron chi connectivity index (χ1n) is 6.50. The van der Waals surface area contributed by atoms with E-state index in [4.69, 9.17) is 4.74 Å². The predicted octanol–water partition coefficient (Wildman–Crippen LogP) is 2.30. The van der Waals surface area contributed by atoms with E-state index in [1.807, 2.05) is 61.5 Å². The minimum Gasteiger partial charge on any atom is -0.449 e. The van der Waals surface area contributed by atoms with Crippen LogP contribution in [0.1, 0.15) is 5.56 Å². The van der Waals surface area contributed by atoms with E-state index in [2.05, 4.69) is 4.98 Å². The van der Waals surface area contributed by atoms with Crippen LogP contribution in [0.5, 0.6) is 11.6 Å². The minimum atomic E-state index is 0.0389. The fraction of sp³-hybridized carbons (Fsp3) is 0.0625. The Kier molecular flexibility index (Phi) is 3.40. The Labute approximate surface area is 118 Å². The average molecular weight is 263 g/mol. The lowest BCUT2D eigenvalue weighted by molar-refractivity contribution is 0.461. The SMILES string of the molecule is Cc1cc2cc(BO)ccc2nc1Oc1ccccc1. The van der Waals surface area contributed by atoms with Gasteiger partial charge in [-0.25, -0.2) is 4.98 Å². The molecule has 3 rings (SSSR count). The number of fused-ring (bicyclic) bond motifs is 1. The van der Waals surface area contributed by atoms with Crippen LogP contribution in [0, 0.1) is 6.92 Å². The lowest BCUT2D eigenvalue weighted by Crippen LogP contribution is -2.12. The van der Waals surface area contributed by atoms with E-state index in [9.17, 15) is 5.02 Å². The van der Waals surface area contributed by atoms with Gasteiger partial charge < -0.3 is 9.76 Å². The third-order valence-electron chi connectivity index (χ3n) is 3.16. The first-order chi connectivity index (χ1) is 9.76. The molecule has 0 aliphatic heterocycles. The first kappa shape index (κ1) is 12.7. The zero-order valence-electron chi connectivity index (χ0n) is 11.2. The zero-order chi connectivity index (χ0) is 13.9. The molecule has 0 aliphatic carbocycles. The van der Waals surface area contributed by atoms with Crippen molar-refractivity contribution in [2.24, 2.45) is 0 Å². The molecule has 0 saturated heterocycles. The fourth-order valence-corrected chi connectivity index (χ4v) is 2.12. The van der Waals surface area contributed by atoms with Gasteiger partial charge in [-0.05, 0) is 31.2 Å². The molecule has 0 amide bonds. The zero-order valence-corrected chi connectivity index (χ0v) is 11.2. The van der Waals surface area contributed by atoms with Crippen LogP contribution in [0.25, 0.3) is 10.9 Å². The highest BCUT2D eigenvalue weighted by Crippen LogP contribution is 2.25. The van der Waals surface area contributed by atoms with E-state index in [0.29, 0.717) is 5.88 Å². The van der Waals surface area contributed by atoms with Gasteiger partial charge in [-0.2, -0.15) is 0 Å². The largest absolute Gasteiger partial charge is 0.449 e. The molecule has 1 N–H and O–H groups in total. The molecule has 0 aliphatic rings. The Morgan fingerprint density at radius 1 is 1.05 bits per heavy atom. The Morgan fingerprint density at radius 2 is 1.85 bits per heavy atom. The van der Waals surface area contributed by atoms with Crippen LogP contribution in [-0.2, 0) is 0 Å². The van der Waals surface area contributed by atoms with Gasteiger partial charge in [-0.3, -0.25) is 0 Å². The summed E-state index contributed by atoms with van der Waals surface area (Å²) in [6.45, 7) is 1.97. The topological polar surface area (TPSA) is 42.4 Å². The highest BCUT2D eigenvalue weighted by Gasteiger charge is 2.06. The highest BCUT2D eigenvalue weighted by molar-refractivity contribution is 6.45. The molecule has 0 unspecified atom stereocenters. The number of rotatable bonds is 3. The van der Waals surface area contributed by atoms with Crippen molar-refractivity contribution in [3.8, 4) is 11.6 Å². The van der Waals surface area contributed by atoms with Crippen molar-refractivity contribution in [3.63, 3.8) is 0 Å². The van der Waals surface area contributed by atoms with E-state index < -0.39 is 0 Å². The van der Waals surface area contributed by atoms with Crippen molar-refractivity contribution in [3.05, 3.63) is 60.2 Å². The number of hydrogen-bond donors (Lipinski definition) is 1.